The molecule has 0 aliphatic carbocycles. The molecule has 0 aromatic carbocycles. The maximum absolute atomic E-state index is 2.49. The molecule has 0 aliphatic rings. The monoisotopic (exact) mass is 531 g/mol. The van der Waals surface area contributed by atoms with Crippen LogP contribution < -0.4 is 0 Å². The van der Waals surface area contributed by atoms with Crippen LogP contribution in [0.25, 0.3) is 0 Å². The van der Waals surface area contributed by atoms with Gasteiger partial charge in [-0.2, -0.15) is 0 Å². The molecule has 0 rings (SSSR count). The Morgan fingerprint density at radius 1 is 0.324 bits per heavy atom. The number of hydrogen-bond acceptors (Lipinski definition) is 0. The highest BCUT2D eigenvalue weighted by Crippen LogP contribution is 2.43. The van der Waals surface area contributed by atoms with Crippen LogP contribution in [0.3, 0.4) is 0 Å². The van der Waals surface area contributed by atoms with Crippen molar-refractivity contribution in [3.8, 4) is 0 Å². The molecular weight excluding hydrogens is 444 g/mol. The molecule has 6 atom stereocenters. The molecule has 0 amide bonds. The zero-order valence-corrected chi connectivity index (χ0v) is 30.7. The first-order valence-electron chi connectivity index (χ1n) is 17.6. The minimum absolute atomic E-state index is 0.882. The molecule has 0 N–H and O–H groups in total. The highest BCUT2D eigenvalue weighted by molar-refractivity contribution is 4.84. The van der Waals surface area contributed by atoms with Crippen molar-refractivity contribution >= 4 is 0 Å². The predicted molar refractivity (Wildman–Crippen MR) is 183 cm³/mol. The average molecular weight is 531 g/mol. The summed E-state index contributed by atoms with van der Waals surface area (Å²) in [5.74, 6) is 5.56. The first-order valence-corrected chi connectivity index (χ1v) is 17.6. The van der Waals surface area contributed by atoms with Crippen molar-refractivity contribution < 1.29 is 0 Å². The average Bonchev–Trinajstić information content (AvgIpc) is 2.87. The summed E-state index contributed by atoms with van der Waals surface area (Å²) >= 11 is 0. The molecule has 0 radical (unpaired) electrons. The summed E-state index contributed by atoms with van der Waals surface area (Å²) < 4.78 is 0. The molecule has 0 aromatic rings. The standard InChI is InChI=1S/C22H46.5C3H8/c1-9-16-18(11-3)20(13-5)22(15-7)21(14-6)19(12-4)17(8)10-2;5*1-3-2/h17-22H,9-16H2,1-8H3;5*3H2,1-2H3. The molecular formula is C37H86. The van der Waals surface area contributed by atoms with E-state index in [9.17, 15) is 0 Å². The van der Waals surface area contributed by atoms with Gasteiger partial charge in [-0.1, -0.05) is 208 Å². The molecule has 234 valence electrons. The van der Waals surface area contributed by atoms with E-state index in [1.807, 2.05) is 0 Å². The van der Waals surface area contributed by atoms with Gasteiger partial charge in [0.25, 0.3) is 0 Å². The molecule has 0 aromatic heterocycles. The minimum Gasteiger partial charge on any atom is -0.0656 e. The lowest BCUT2D eigenvalue weighted by Gasteiger charge is -2.42. The Hall–Kier alpha value is 0. The van der Waals surface area contributed by atoms with Crippen molar-refractivity contribution in [2.45, 2.75) is 208 Å². The first kappa shape index (κ1) is 49.9. The lowest BCUT2D eigenvalue weighted by Crippen LogP contribution is -2.34. The van der Waals surface area contributed by atoms with Crippen LogP contribution in [0.4, 0.5) is 0 Å². The molecule has 0 heteroatoms. The van der Waals surface area contributed by atoms with Crippen LogP contribution >= 0.6 is 0 Å². The Morgan fingerprint density at radius 3 is 0.784 bits per heavy atom. The molecule has 0 saturated heterocycles. The summed E-state index contributed by atoms with van der Waals surface area (Å²) in [5.41, 5.74) is 0. The van der Waals surface area contributed by atoms with Gasteiger partial charge in [0.15, 0.2) is 0 Å². The maximum Gasteiger partial charge on any atom is -0.0355 e. The van der Waals surface area contributed by atoms with Crippen LogP contribution in [0.5, 0.6) is 0 Å². The molecule has 0 spiro atoms. The largest absolute Gasteiger partial charge is 0.0656 e. The van der Waals surface area contributed by atoms with Gasteiger partial charge >= 0.3 is 0 Å². The van der Waals surface area contributed by atoms with Crippen molar-refractivity contribution in [2.24, 2.45) is 35.5 Å². The van der Waals surface area contributed by atoms with Gasteiger partial charge in [0.1, 0.15) is 0 Å². The van der Waals surface area contributed by atoms with Gasteiger partial charge < -0.3 is 0 Å². The predicted octanol–water partition coefficient (Wildman–Crippen LogP) is 15.0. The lowest BCUT2D eigenvalue weighted by atomic mass is 9.63. The van der Waals surface area contributed by atoms with E-state index in [1.54, 1.807) is 0 Å². The van der Waals surface area contributed by atoms with Gasteiger partial charge in [0.05, 0.1) is 0 Å². The summed E-state index contributed by atoms with van der Waals surface area (Å²) in [6, 6.07) is 0. The second kappa shape index (κ2) is 45.9. The quantitative estimate of drug-likeness (QED) is 0.222. The first-order chi connectivity index (χ1) is 17.6. The molecule has 0 saturated carbocycles. The Kier molecular flexibility index (Phi) is 61.9. The fourth-order valence-corrected chi connectivity index (χ4v) is 5.35. The Bertz CT molecular complexity index is 296. The van der Waals surface area contributed by atoms with Crippen LogP contribution in [0.2, 0.25) is 0 Å². The molecule has 0 nitrogen and oxygen atoms in total. The van der Waals surface area contributed by atoms with Crippen LogP contribution in [0.15, 0.2) is 0 Å². The van der Waals surface area contributed by atoms with Crippen molar-refractivity contribution in [2.75, 3.05) is 0 Å². The van der Waals surface area contributed by atoms with Crippen molar-refractivity contribution in [3.05, 3.63) is 0 Å². The highest BCUT2D eigenvalue weighted by Gasteiger charge is 2.35. The van der Waals surface area contributed by atoms with Crippen molar-refractivity contribution in [1.29, 1.82) is 0 Å². The number of hydrogen-bond donors (Lipinski definition) is 0. The molecule has 0 aliphatic heterocycles. The van der Waals surface area contributed by atoms with E-state index in [1.165, 1.54) is 83.5 Å². The maximum atomic E-state index is 2.49. The van der Waals surface area contributed by atoms with E-state index in [-0.39, 0.29) is 0 Å². The smallest absolute Gasteiger partial charge is 0.0355 e. The van der Waals surface area contributed by atoms with E-state index in [0.29, 0.717) is 0 Å². The Labute approximate surface area is 243 Å². The SMILES string of the molecule is CCC.CCC.CCC.CCC.CCC.CCCC(CC)C(CC)C(CC)C(CC)C(CC)C(C)CC. The summed E-state index contributed by atoms with van der Waals surface area (Å²) in [6.45, 7) is 40.7. The summed E-state index contributed by atoms with van der Waals surface area (Å²) in [6.07, 6.45) is 17.3. The normalized spacial score (nSPS) is 14.4. The van der Waals surface area contributed by atoms with Gasteiger partial charge in [-0.15, -0.1) is 0 Å². The number of rotatable bonds is 13. The second-order valence-corrected chi connectivity index (χ2v) is 11.2. The third kappa shape index (κ3) is 34.0. The van der Waals surface area contributed by atoms with E-state index >= 15 is 0 Å². The van der Waals surface area contributed by atoms with Gasteiger partial charge in [-0.3, -0.25) is 0 Å². The fourth-order valence-electron chi connectivity index (χ4n) is 5.35. The molecule has 0 fully saturated rings. The molecule has 6 unspecified atom stereocenters. The van der Waals surface area contributed by atoms with Gasteiger partial charge in [-0.25, -0.2) is 0 Å². The summed E-state index contributed by atoms with van der Waals surface area (Å²) in [5, 5.41) is 0. The molecule has 0 heterocycles. The third-order valence-corrected chi connectivity index (χ3v) is 6.70. The van der Waals surface area contributed by atoms with Crippen LogP contribution in [0.1, 0.15) is 208 Å². The van der Waals surface area contributed by atoms with Crippen LogP contribution in [-0.2, 0) is 0 Å². The third-order valence-electron chi connectivity index (χ3n) is 6.70. The second-order valence-electron chi connectivity index (χ2n) is 11.2. The minimum atomic E-state index is 0.882. The van der Waals surface area contributed by atoms with Crippen LogP contribution in [0, 0.1) is 35.5 Å². The molecule has 37 heavy (non-hydrogen) atoms. The summed E-state index contributed by atoms with van der Waals surface area (Å²) in [7, 11) is 0. The lowest BCUT2D eigenvalue weighted by molar-refractivity contribution is 0.0723. The van der Waals surface area contributed by atoms with E-state index in [2.05, 4.69) is 125 Å². The zero-order chi connectivity index (χ0) is 30.7. The van der Waals surface area contributed by atoms with Gasteiger partial charge in [-0.05, 0) is 35.5 Å². The van der Waals surface area contributed by atoms with Crippen molar-refractivity contribution in [1.82, 2.24) is 0 Å². The zero-order valence-electron chi connectivity index (χ0n) is 30.7. The van der Waals surface area contributed by atoms with Gasteiger partial charge in [0, 0.05) is 0 Å². The van der Waals surface area contributed by atoms with Crippen LogP contribution in [-0.4, -0.2) is 0 Å². The Balaban J connectivity index is -0.000000131. The van der Waals surface area contributed by atoms with E-state index in [4.69, 9.17) is 0 Å². The highest BCUT2D eigenvalue weighted by atomic mass is 14.4. The fraction of sp³-hybridized carbons (Fsp3) is 1.00. The summed E-state index contributed by atoms with van der Waals surface area (Å²) in [4.78, 5) is 0. The van der Waals surface area contributed by atoms with Crippen molar-refractivity contribution in [3.63, 3.8) is 0 Å². The van der Waals surface area contributed by atoms with E-state index in [0.717, 1.165) is 35.5 Å². The molecule has 0 bridgehead atoms. The topological polar surface area (TPSA) is 0 Å². The van der Waals surface area contributed by atoms with Gasteiger partial charge in [0.2, 0.25) is 0 Å². The Morgan fingerprint density at radius 2 is 0.595 bits per heavy atom. The van der Waals surface area contributed by atoms with E-state index < -0.39 is 0 Å².